The number of rotatable bonds is 2. The van der Waals surface area contributed by atoms with Crippen molar-refractivity contribution in [2.45, 2.75) is 13.1 Å². The molecule has 27 heavy (non-hydrogen) atoms. The van der Waals surface area contributed by atoms with Gasteiger partial charge in [0, 0.05) is 29.9 Å². The third kappa shape index (κ3) is 2.93. The van der Waals surface area contributed by atoms with Gasteiger partial charge in [0.1, 0.15) is 4.70 Å². The van der Waals surface area contributed by atoms with Crippen LogP contribution in [-0.2, 0) is 13.2 Å². The summed E-state index contributed by atoms with van der Waals surface area (Å²) in [4.78, 5) is 24.6. The molecule has 1 aromatic carbocycles. The first kappa shape index (κ1) is 17.5. The minimum absolute atomic E-state index is 0.269. The number of fused-ring (bicyclic) bond motifs is 1. The molecule has 5 nitrogen and oxygen atoms in total. The minimum Gasteiger partial charge on any atom is -0.331 e. The summed E-state index contributed by atoms with van der Waals surface area (Å²) in [5.74, 6) is 0.735. The lowest BCUT2D eigenvalue weighted by Gasteiger charge is -2.09. The number of halogens is 3. The summed E-state index contributed by atoms with van der Waals surface area (Å²) >= 11 is 1.21. The van der Waals surface area contributed by atoms with Gasteiger partial charge in [-0.15, -0.1) is 11.3 Å². The molecular formula is C18H13F3N4OS. The maximum absolute atomic E-state index is 13.1. The molecule has 0 unspecified atom stereocenters. The third-order valence-electron chi connectivity index (χ3n) is 4.23. The first-order chi connectivity index (χ1) is 12.8. The van der Waals surface area contributed by atoms with E-state index in [1.165, 1.54) is 17.4 Å². The number of hydrogen-bond acceptors (Lipinski definition) is 4. The van der Waals surface area contributed by atoms with Crippen molar-refractivity contribution in [2.75, 3.05) is 0 Å². The molecule has 1 N–H and O–H groups in total. The second kappa shape index (κ2) is 6.05. The topological polar surface area (TPSA) is 63.6 Å². The number of nitrogens with zero attached hydrogens (tertiary/aromatic N) is 3. The van der Waals surface area contributed by atoms with Crippen molar-refractivity contribution < 1.29 is 13.2 Å². The number of H-pyrrole nitrogens is 1. The molecule has 138 valence electrons. The predicted molar refractivity (Wildman–Crippen MR) is 97.6 cm³/mol. The van der Waals surface area contributed by atoms with Gasteiger partial charge in [0.15, 0.2) is 11.6 Å². The standard InChI is InChI=1S/C18H13F3N4OS/c1-9-12(10-4-3-5-11(8-10)18(19,20)21)13-14(27-9)17(26)24-15(23-13)16-22-6-7-25(16)2/h3-8H,1-2H3,(H,23,24,26). The molecule has 0 saturated heterocycles. The molecule has 0 aliphatic heterocycles. The Morgan fingerprint density at radius 2 is 2.04 bits per heavy atom. The number of imidazole rings is 1. The van der Waals surface area contributed by atoms with E-state index in [1.807, 2.05) is 0 Å². The molecule has 0 aliphatic carbocycles. The summed E-state index contributed by atoms with van der Waals surface area (Å²) in [5, 5.41) is 0. The zero-order valence-corrected chi connectivity index (χ0v) is 15.1. The SMILES string of the molecule is Cc1sc2c(=O)[nH]c(-c3nccn3C)nc2c1-c1cccc(C(F)(F)F)c1. The number of nitrogens with one attached hydrogen (secondary N) is 1. The van der Waals surface area contributed by atoms with E-state index in [-0.39, 0.29) is 11.4 Å². The van der Waals surface area contributed by atoms with Gasteiger partial charge in [0.25, 0.3) is 5.56 Å². The molecule has 3 heterocycles. The van der Waals surface area contributed by atoms with Crippen LogP contribution in [0, 0.1) is 6.92 Å². The highest BCUT2D eigenvalue weighted by molar-refractivity contribution is 7.19. The van der Waals surface area contributed by atoms with E-state index < -0.39 is 11.7 Å². The maximum atomic E-state index is 13.1. The number of aryl methyl sites for hydroxylation is 2. The Balaban J connectivity index is 1.99. The Morgan fingerprint density at radius 1 is 1.26 bits per heavy atom. The van der Waals surface area contributed by atoms with E-state index >= 15 is 0 Å². The molecule has 3 aromatic heterocycles. The van der Waals surface area contributed by atoms with Crippen LogP contribution in [0.25, 0.3) is 33.0 Å². The molecule has 9 heteroatoms. The molecule has 4 rings (SSSR count). The van der Waals surface area contributed by atoms with Crippen molar-refractivity contribution in [1.82, 2.24) is 19.5 Å². The lowest BCUT2D eigenvalue weighted by molar-refractivity contribution is -0.137. The summed E-state index contributed by atoms with van der Waals surface area (Å²) in [6.07, 6.45) is -1.16. The largest absolute Gasteiger partial charge is 0.416 e. The fourth-order valence-electron chi connectivity index (χ4n) is 2.99. The fraction of sp³-hybridized carbons (Fsp3) is 0.167. The second-order valence-corrected chi connectivity index (χ2v) is 7.29. The van der Waals surface area contributed by atoms with Crippen LogP contribution in [0.4, 0.5) is 13.2 Å². The first-order valence-electron chi connectivity index (χ1n) is 7.94. The fourth-order valence-corrected chi connectivity index (χ4v) is 4.00. The molecule has 0 radical (unpaired) electrons. The van der Waals surface area contributed by atoms with Crippen LogP contribution in [0.2, 0.25) is 0 Å². The zero-order valence-electron chi connectivity index (χ0n) is 14.3. The monoisotopic (exact) mass is 390 g/mol. The number of alkyl halides is 3. The summed E-state index contributed by atoms with van der Waals surface area (Å²) in [6, 6.07) is 5.05. The Bertz CT molecular complexity index is 1220. The Labute approximate surface area is 155 Å². The van der Waals surface area contributed by atoms with E-state index in [2.05, 4.69) is 15.0 Å². The number of aromatic amines is 1. The normalized spacial score (nSPS) is 12.0. The van der Waals surface area contributed by atoms with E-state index in [4.69, 9.17) is 0 Å². The van der Waals surface area contributed by atoms with Gasteiger partial charge in [-0.25, -0.2) is 9.97 Å². The van der Waals surface area contributed by atoms with E-state index in [0.29, 0.717) is 27.2 Å². The number of aromatic nitrogens is 4. The highest BCUT2D eigenvalue weighted by atomic mass is 32.1. The van der Waals surface area contributed by atoms with Crippen molar-refractivity contribution in [3.8, 4) is 22.8 Å². The molecule has 0 aliphatic rings. The van der Waals surface area contributed by atoms with Crippen LogP contribution in [0.1, 0.15) is 10.4 Å². The van der Waals surface area contributed by atoms with Crippen molar-refractivity contribution in [2.24, 2.45) is 7.05 Å². The quantitative estimate of drug-likeness (QED) is 0.553. The van der Waals surface area contributed by atoms with Gasteiger partial charge in [-0.2, -0.15) is 13.2 Å². The molecule has 0 fully saturated rings. The van der Waals surface area contributed by atoms with Gasteiger partial charge >= 0.3 is 6.18 Å². The molecule has 0 bridgehead atoms. The van der Waals surface area contributed by atoms with Gasteiger partial charge in [0.2, 0.25) is 0 Å². The summed E-state index contributed by atoms with van der Waals surface area (Å²) in [5.41, 5.74) is 0.191. The van der Waals surface area contributed by atoms with E-state index in [1.54, 1.807) is 37.0 Å². The van der Waals surface area contributed by atoms with Crippen LogP contribution in [0.5, 0.6) is 0 Å². The van der Waals surface area contributed by atoms with Crippen LogP contribution in [0.15, 0.2) is 41.5 Å². The van der Waals surface area contributed by atoms with Crippen LogP contribution < -0.4 is 5.56 Å². The number of thiophene rings is 1. The first-order valence-corrected chi connectivity index (χ1v) is 8.76. The van der Waals surface area contributed by atoms with Crippen molar-refractivity contribution in [3.63, 3.8) is 0 Å². The highest BCUT2D eigenvalue weighted by Gasteiger charge is 2.31. The Morgan fingerprint density at radius 3 is 2.70 bits per heavy atom. The van der Waals surface area contributed by atoms with Gasteiger partial charge in [-0.05, 0) is 24.6 Å². The number of benzene rings is 1. The van der Waals surface area contributed by atoms with E-state index in [9.17, 15) is 18.0 Å². The molecular weight excluding hydrogens is 377 g/mol. The summed E-state index contributed by atoms with van der Waals surface area (Å²) in [6.45, 7) is 1.77. The predicted octanol–water partition coefficient (Wildman–Crippen LogP) is 4.38. The average molecular weight is 390 g/mol. The minimum atomic E-state index is -4.45. The summed E-state index contributed by atoms with van der Waals surface area (Å²) in [7, 11) is 1.76. The van der Waals surface area contributed by atoms with Gasteiger partial charge in [-0.1, -0.05) is 12.1 Å². The van der Waals surface area contributed by atoms with Crippen molar-refractivity contribution in [1.29, 1.82) is 0 Å². The van der Waals surface area contributed by atoms with Gasteiger partial charge in [0.05, 0.1) is 11.1 Å². The Kier molecular flexibility index (Phi) is 3.92. The van der Waals surface area contributed by atoms with Crippen LogP contribution >= 0.6 is 11.3 Å². The molecule has 0 atom stereocenters. The van der Waals surface area contributed by atoms with Crippen molar-refractivity contribution >= 4 is 21.6 Å². The Hall–Kier alpha value is -2.94. The van der Waals surface area contributed by atoms with Crippen LogP contribution in [-0.4, -0.2) is 19.5 Å². The van der Waals surface area contributed by atoms with E-state index in [0.717, 1.165) is 17.0 Å². The number of hydrogen-bond donors (Lipinski definition) is 1. The van der Waals surface area contributed by atoms with Gasteiger partial charge in [-0.3, -0.25) is 4.79 Å². The van der Waals surface area contributed by atoms with Gasteiger partial charge < -0.3 is 9.55 Å². The van der Waals surface area contributed by atoms with Crippen LogP contribution in [0.3, 0.4) is 0 Å². The molecule has 0 saturated carbocycles. The average Bonchev–Trinajstić information content (AvgIpc) is 3.17. The summed E-state index contributed by atoms with van der Waals surface area (Å²) < 4.78 is 41.4. The third-order valence-corrected chi connectivity index (χ3v) is 5.33. The highest BCUT2D eigenvalue weighted by Crippen LogP contribution is 2.38. The maximum Gasteiger partial charge on any atom is 0.416 e. The molecule has 4 aromatic rings. The smallest absolute Gasteiger partial charge is 0.331 e. The van der Waals surface area contributed by atoms with Crippen molar-refractivity contribution in [3.05, 3.63) is 57.5 Å². The molecule has 0 spiro atoms. The second-order valence-electron chi connectivity index (χ2n) is 6.07. The lowest BCUT2D eigenvalue weighted by Crippen LogP contribution is -2.10. The molecule has 0 amide bonds. The zero-order chi connectivity index (χ0) is 19.3. The lowest BCUT2D eigenvalue weighted by atomic mass is 10.0.